The fraction of sp³-hybridized carbons (Fsp3) is 0.389. The largest absolute Gasteiger partial charge is 0.350 e. The Labute approximate surface area is 162 Å². The van der Waals surface area contributed by atoms with E-state index in [-0.39, 0.29) is 11.9 Å². The summed E-state index contributed by atoms with van der Waals surface area (Å²) in [6.07, 6.45) is 0. The molecule has 1 aliphatic heterocycles. The van der Waals surface area contributed by atoms with Crippen LogP contribution in [0, 0.1) is 0 Å². The lowest BCUT2D eigenvalue weighted by atomic mass is 10.1. The molecule has 1 saturated heterocycles. The van der Waals surface area contributed by atoms with Gasteiger partial charge in [0.05, 0.1) is 16.1 Å². The van der Waals surface area contributed by atoms with Crippen molar-refractivity contribution in [2.24, 2.45) is 0 Å². The second-order valence-electron chi connectivity index (χ2n) is 6.25. The zero-order chi connectivity index (χ0) is 17.8. The SMILES string of the molecule is CN1CCN([C@H](CNC(=O)c2ccc(Cl)c(Cl)c2)c2ccsc2)CC1. The van der Waals surface area contributed by atoms with E-state index in [2.05, 4.69) is 39.0 Å². The van der Waals surface area contributed by atoms with Crippen LogP contribution >= 0.6 is 34.5 Å². The van der Waals surface area contributed by atoms with Crippen LogP contribution in [-0.2, 0) is 0 Å². The van der Waals surface area contributed by atoms with E-state index in [4.69, 9.17) is 23.2 Å². The van der Waals surface area contributed by atoms with Crippen LogP contribution in [0.3, 0.4) is 0 Å². The molecule has 1 atom stereocenters. The molecule has 1 fully saturated rings. The third-order valence-electron chi connectivity index (χ3n) is 4.54. The molecule has 1 aromatic carbocycles. The molecule has 1 amide bonds. The second kappa shape index (κ2) is 8.52. The Morgan fingerprint density at radius 3 is 2.60 bits per heavy atom. The zero-order valence-corrected chi connectivity index (χ0v) is 16.4. The van der Waals surface area contributed by atoms with E-state index in [0.29, 0.717) is 22.2 Å². The summed E-state index contributed by atoms with van der Waals surface area (Å²) in [5.74, 6) is -0.132. The molecule has 1 aromatic heterocycles. The first-order chi connectivity index (χ1) is 12.0. The lowest BCUT2D eigenvalue weighted by Gasteiger charge is -2.38. The molecular formula is C18H21Cl2N3OS. The minimum Gasteiger partial charge on any atom is -0.350 e. The van der Waals surface area contributed by atoms with Crippen molar-refractivity contribution in [3.05, 3.63) is 56.2 Å². The summed E-state index contributed by atoms with van der Waals surface area (Å²) in [5.41, 5.74) is 1.78. The third kappa shape index (κ3) is 4.74. The van der Waals surface area contributed by atoms with Crippen molar-refractivity contribution in [3.8, 4) is 0 Å². The smallest absolute Gasteiger partial charge is 0.251 e. The van der Waals surface area contributed by atoms with Gasteiger partial charge in [-0.15, -0.1) is 0 Å². The van der Waals surface area contributed by atoms with Crippen molar-refractivity contribution >= 4 is 40.4 Å². The summed E-state index contributed by atoms with van der Waals surface area (Å²) in [7, 11) is 2.14. The van der Waals surface area contributed by atoms with Crippen molar-refractivity contribution in [1.82, 2.24) is 15.1 Å². The third-order valence-corrected chi connectivity index (χ3v) is 5.98. The predicted molar refractivity (Wildman–Crippen MR) is 105 cm³/mol. The van der Waals surface area contributed by atoms with Crippen molar-refractivity contribution in [1.29, 1.82) is 0 Å². The first-order valence-electron chi connectivity index (χ1n) is 8.22. The van der Waals surface area contributed by atoms with Gasteiger partial charge in [0.25, 0.3) is 5.91 Å². The molecule has 1 N–H and O–H groups in total. The lowest BCUT2D eigenvalue weighted by molar-refractivity contribution is 0.0887. The van der Waals surface area contributed by atoms with Gasteiger partial charge in [0.1, 0.15) is 0 Å². The van der Waals surface area contributed by atoms with Gasteiger partial charge in [-0.3, -0.25) is 9.69 Å². The standard InChI is InChI=1S/C18H21Cl2N3OS/c1-22-5-7-23(8-6-22)17(14-4-9-25-12-14)11-21-18(24)13-2-3-15(19)16(20)10-13/h2-4,9-10,12,17H,5-8,11H2,1H3,(H,21,24)/t17-/m1/s1. The normalized spacial score (nSPS) is 17.4. The Kier molecular flexibility index (Phi) is 6.36. The van der Waals surface area contributed by atoms with Crippen LogP contribution in [-0.4, -0.2) is 55.5 Å². The zero-order valence-electron chi connectivity index (χ0n) is 14.0. The average molecular weight is 398 g/mol. The molecule has 7 heteroatoms. The summed E-state index contributed by atoms with van der Waals surface area (Å²) in [4.78, 5) is 17.3. The molecule has 2 heterocycles. The van der Waals surface area contributed by atoms with E-state index in [9.17, 15) is 4.79 Å². The highest BCUT2D eigenvalue weighted by Gasteiger charge is 2.24. The minimum atomic E-state index is -0.132. The molecule has 0 bridgehead atoms. The average Bonchev–Trinajstić information content (AvgIpc) is 3.13. The number of rotatable bonds is 5. The Balaban J connectivity index is 1.68. The van der Waals surface area contributed by atoms with Crippen LogP contribution in [0.5, 0.6) is 0 Å². The molecule has 3 rings (SSSR count). The topological polar surface area (TPSA) is 35.6 Å². The van der Waals surface area contributed by atoms with Crippen molar-refractivity contribution < 1.29 is 4.79 Å². The van der Waals surface area contributed by atoms with Gasteiger partial charge in [-0.05, 0) is 47.6 Å². The van der Waals surface area contributed by atoms with E-state index < -0.39 is 0 Å². The number of halogens is 2. The van der Waals surface area contributed by atoms with Crippen LogP contribution in [0.2, 0.25) is 10.0 Å². The Morgan fingerprint density at radius 1 is 1.20 bits per heavy atom. The van der Waals surface area contributed by atoms with Gasteiger partial charge >= 0.3 is 0 Å². The fourth-order valence-electron chi connectivity index (χ4n) is 2.98. The molecule has 4 nitrogen and oxygen atoms in total. The van der Waals surface area contributed by atoms with Gasteiger partial charge < -0.3 is 10.2 Å². The number of benzene rings is 1. The maximum Gasteiger partial charge on any atom is 0.251 e. The van der Waals surface area contributed by atoms with Gasteiger partial charge in [0.2, 0.25) is 0 Å². The molecule has 0 saturated carbocycles. The highest BCUT2D eigenvalue weighted by atomic mass is 35.5. The molecule has 2 aromatic rings. The Morgan fingerprint density at radius 2 is 1.96 bits per heavy atom. The molecule has 0 aliphatic carbocycles. The van der Waals surface area contributed by atoms with E-state index in [0.717, 1.165) is 26.2 Å². The molecule has 25 heavy (non-hydrogen) atoms. The maximum absolute atomic E-state index is 12.5. The number of likely N-dealkylation sites (N-methyl/N-ethyl adjacent to an activating group) is 1. The van der Waals surface area contributed by atoms with E-state index in [1.54, 1.807) is 29.5 Å². The number of piperazine rings is 1. The number of amides is 1. The number of nitrogens with one attached hydrogen (secondary N) is 1. The van der Waals surface area contributed by atoms with Gasteiger partial charge in [-0.25, -0.2) is 0 Å². The highest BCUT2D eigenvalue weighted by molar-refractivity contribution is 7.08. The number of thiophene rings is 1. The van der Waals surface area contributed by atoms with Gasteiger partial charge in [0, 0.05) is 38.3 Å². The van der Waals surface area contributed by atoms with Gasteiger partial charge in [-0.2, -0.15) is 11.3 Å². The van der Waals surface area contributed by atoms with Crippen LogP contribution in [0.1, 0.15) is 22.0 Å². The minimum absolute atomic E-state index is 0.132. The second-order valence-corrected chi connectivity index (χ2v) is 7.85. The number of carbonyl (C=O) groups excluding carboxylic acids is 1. The number of carbonyl (C=O) groups is 1. The molecule has 0 unspecified atom stereocenters. The van der Waals surface area contributed by atoms with Crippen LogP contribution in [0.4, 0.5) is 0 Å². The number of nitrogens with zero attached hydrogens (tertiary/aromatic N) is 2. The Hall–Kier alpha value is -1.11. The summed E-state index contributed by atoms with van der Waals surface area (Å²) in [6.45, 7) is 4.65. The highest BCUT2D eigenvalue weighted by Crippen LogP contribution is 2.25. The molecule has 134 valence electrons. The van der Waals surface area contributed by atoms with Crippen molar-refractivity contribution in [2.75, 3.05) is 39.8 Å². The van der Waals surface area contributed by atoms with Crippen LogP contribution in [0.15, 0.2) is 35.0 Å². The first kappa shape index (κ1) is 18.7. The predicted octanol–water partition coefficient (Wildman–Crippen LogP) is 3.77. The number of hydrogen-bond donors (Lipinski definition) is 1. The first-order valence-corrected chi connectivity index (χ1v) is 9.92. The summed E-state index contributed by atoms with van der Waals surface area (Å²) in [5, 5.41) is 8.14. The van der Waals surface area contributed by atoms with E-state index >= 15 is 0 Å². The molecular weight excluding hydrogens is 377 g/mol. The quantitative estimate of drug-likeness (QED) is 0.833. The van der Waals surface area contributed by atoms with E-state index in [1.165, 1.54) is 5.56 Å². The van der Waals surface area contributed by atoms with E-state index in [1.807, 2.05) is 0 Å². The monoisotopic (exact) mass is 397 g/mol. The Bertz CT molecular complexity index is 715. The summed E-state index contributed by atoms with van der Waals surface area (Å²) < 4.78 is 0. The molecule has 1 aliphatic rings. The van der Waals surface area contributed by atoms with Crippen molar-refractivity contribution in [2.45, 2.75) is 6.04 Å². The lowest BCUT2D eigenvalue weighted by Crippen LogP contribution is -2.48. The van der Waals surface area contributed by atoms with Crippen LogP contribution < -0.4 is 5.32 Å². The van der Waals surface area contributed by atoms with Gasteiger partial charge in [0.15, 0.2) is 0 Å². The van der Waals surface area contributed by atoms with Crippen molar-refractivity contribution in [3.63, 3.8) is 0 Å². The maximum atomic E-state index is 12.5. The summed E-state index contributed by atoms with van der Waals surface area (Å²) >= 11 is 13.6. The fourth-order valence-corrected chi connectivity index (χ4v) is 3.99. The number of hydrogen-bond acceptors (Lipinski definition) is 4. The summed E-state index contributed by atoms with van der Waals surface area (Å²) in [6, 6.07) is 7.27. The van der Waals surface area contributed by atoms with Crippen LogP contribution in [0.25, 0.3) is 0 Å². The molecule has 0 spiro atoms. The molecule has 0 radical (unpaired) electrons. The van der Waals surface area contributed by atoms with Gasteiger partial charge in [-0.1, -0.05) is 23.2 Å².